The lowest BCUT2D eigenvalue weighted by molar-refractivity contribution is -0.141. The molecule has 0 aromatic heterocycles. The van der Waals surface area contributed by atoms with E-state index in [-0.39, 0.29) is 23.2 Å². The molecule has 1 saturated heterocycles. The summed E-state index contributed by atoms with van der Waals surface area (Å²) in [6, 6.07) is 7.36. The maximum Gasteiger partial charge on any atom is 0.356 e. The number of hydrazine groups is 1. The Morgan fingerprint density at radius 2 is 1.62 bits per heavy atom. The fourth-order valence-electron chi connectivity index (χ4n) is 4.83. The van der Waals surface area contributed by atoms with Gasteiger partial charge in [0.25, 0.3) is 0 Å². The smallest absolute Gasteiger partial charge is 0.356 e. The first-order chi connectivity index (χ1) is 13.8. The van der Waals surface area contributed by atoms with Gasteiger partial charge in [-0.2, -0.15) is 0 Å². The molecule has 7 heteroatoms. The van der Waals surface area contributed by atoms with Crippen LogP contribution in [0.15, 0.2) is 46.8 Å². The van der Waals surface area contributed by atoms with Crippen molar-refractivity contribution in [1.29, 1.82) is 0 Å². The Kier molecular flexibility index (Phi) is 4.37. The van der Waals surface area contributed by atoms with Crippen molar-refractivity contribution in [2.75, 3.05) is 21.3 Å². The second-order valence-corrected chi connectivity index (χ2v) is 8.12. The minimum atomic E-state index is -0.534. The lowest BCUT2D eigenvalue weighted by Gasteiger charge is -2.35. The monoisotopic (exact) mass is 398 g/mol. The Bertz CT molecular complexity index is 944. The quantitative estimate of drug-likeness (QED) is 0.723. The molecular weight excluding hydrogens is 372 g/mol. The molecule has 29 heavy (non-hydrogen) atoms. The van der Waals surface area contributed by atoms with E-state index < -0.39 is 11.9 Å². The lowest BCUT2D eigenvalue weighted by Crippen LogP contribution is -2.42. The van der Waals surface area contributed by atoms with Gasteiger partial charge in [0.1, 0.15) is 5.75 Å². The number of carbonyl (C=O) groups excluding carboxylic acids is 2. The highest BCUT2D eigenvalue weighted by atomic mass is 16.5. The SMILES string of the molecule is COC(=O)C1=C(C(=O)OC)N2C(c3ccc(OC)cc3)CC3=C(C)C(C)(C)C1N32. The third-order valence-electron chi connectivity index (χ3n) is 6.56. The molecule has 0 bridgehead atoms. The summed E-state index contributed by atoms with van der Waals surface area (Å²) in [4.78, 5) is 25.7. The Labute approximate surface area is 170 Å². The van der Waals surface area contributed by atoms with E-state index >= 15 is 0 Å². The van der Waals surface area contributed by atoms with Gasteiger partial charge in [0.05, 0.1) is 39.0 Å². The van der Waals surface area contributed by atoms with Gasteiger partial charge in [-0.25, -0.2) is 9.59 Å². The summed E-state index contributed by atoms with van der Waals surface area (Å²) in [7, 11) is 4.30. The molecule has 154 valence electrons. The molecule has 1 aromatic rings. The zero-order valence-electron chi connectivity index (χ0n) is 17.6. The molecule has 2 unspecified atom stereocenters. The van der Waals surface area contributed by atoms with E-state index in [1.165, 1.54) is 19.8 Å². The van der Waals surface area contributed by atoms with Crippen LogP contribution in [0.25, 0.3) is 0 Å². The van der Waals surface area contributed by atoms with E-state index in [0.29, 0.717) is 5.57 Å². The molecule has 0 aliphatic carbocycles. The number of carbonyl (C=O) groups is 2. The van der Waals surface area contributed by atoms with Gasteiger partial charge in [-0.05, 0) is 30.2 Å². The summed E-state index contributed by atoms with van der Waals surface area (Å²) in [5.41, 5.74) is 3.69. The van der Waals surface area contributed by atoms with E-state index in [2.05, 4.69) is 25.8 Å². The molecular formula is C22H26N2O5. The largest absolute Gasteiger partial charge is 0.497 e. The molecule has 0 radical (unpaired) electrons. The second kappa shape index (κ2) is 6.54. The van der Waals surface area contributed by atoms with Gasteiger partial charge >= 0.3 is 11.9 Å². The first kappa shape index (κ1) is 19.4. The highest BCUT2D eigenvalue weighted by Gasteiger charge is 2.62. The number of methoxy groups -OCH3 is 3. The normalized spacial score (nSPS) is 24.2. The summed E-state index contributed by atoms with van der Waals surface area (Å²) >= 11 is 0. The van der Waals surface area contributed by atoms with Gasteiger partial charge in [0.2, 0.25) is 0 Å². The summed E-state index contributed by atoms with van der Waals surface area (Å²) in [6.45, 7) is 6.30. The molecule has 7 nitrogen and oxygen atoms in total. The average Bonchev–Trinajstić information content (AvgIpc) is 3.33. The molecule has 1 fully saturated rings. The van der Waals surface area contributed by atoms with Crippen LogP contribution in [0.5, 0.6) is 5.75 Å². The summed E-state index contributed by atoms with van der Waals surface area (Å²) in [6.07, 6.45) is 0.743. The van der Waals surface area contributed by atoms with Crippen molar-refractivity contribution < 1.29 is 23.8 Å². The molecule has 0 amide bonds. The molecule has 3 aliphatic rings. The predicted octanol–water partition coefficient (Wildman–Crippen LogP) is 2.96. The number of hydrogen-bond donors (Lipinski definition) is 0. The number of rotatable bonds is 4. The highest BCUT2D eigenvalue weighted by molar-refractivity contribution is 6.02. The molecule has 0 saturated carbocycles. The van der Waals surface area contributed by atoms with E-state index in [1.807, 2.05) is 29.3 Å². The van der Waals surface area contributed by atoms with Gasteiger partial charge in [0, 0.05) is 17.5 Å². The van der Waals surface area contributed by atoms with Crippen LogP contribution in [0, 0.1) is 5.41 Å². The molecule has 0 N–H and O–H groups in total. The predicted molar refractivity (Wildman–Crippen MR) is 105 cm³/mol. The third-order valence-corrected chi connectivity index (χ3v) is 6.56. The average molecular weight is 398 g/mol. The molecule has 3 aliphatic heterocycles. The molecule has 3 heterocycles. The van der Waals surface area contributed by atoms with Crippen LogP contribution >= 0.6 is 0 Å². The van der Waals surface area contributed by atoms with E-state index in [0.717, 1.165) is 23.4 Å². The van der Waals surface area contributed by atoms with Gasteiger partial charge < -0.3 is 14.2 Å². The van der Waals surface area contributed by atoms with Crippen molar-refractivity contribution >= 4 is 11.9 Å². The van der Waals surface area contributed by atoms with Crippen LogP contribution in [0.2, 0.25) is 0 Å². The van der Waals surface area contributed by atoms with Crippen molar-refractivity contribution in [3.8, 4) is 5.75 Å². The van der Waals surface area contributed by atoms with E-state index in [1.54, 1.807) is 7.11 Å². The summed E-state index contributed by atoms with van der Waals surface area (Å²) in [5, 5.41) is 4.03. The van der Waals surface area contributed by atoms with Crippen molar-refractivity contribution in [3.05, 3.63) is 52.4 Å². The molecule has 1 aromatic carbocycles. The van der Waals surface area contributed by atoms with Crippen molar-refractivity contribution in [3.63, 3.8) is 0 Å². The lowest BCUT2D eigenvalue weighted by atomic mass is 9.77. The van der Waals surface area contributed by atoms with Crippen LogP contribution in [0.3, 0.4) is 0 Å². The second-order valence-electron chi connectivity index (χ2n) is 8.12. The van der Waals surface area contributed by atoms with Crippen LogP contribution < -0.4 is 4.74 Å². The maximum absolute atomic E-state index is 12.8. The van der Waals surface area contributed by atoms with Crippen LogP contribution in [-0.2, 0) is 19.1 Å². The molecule has 4 rings (SSSR count). The zero-order chi connectivity index (χ0) is 21.1. The highest BCUT2D eigenvalue weighted by Crippen LogP contribution is 2.60. The van der Waals surface area contributed by atoms with Gasteiger partial charge in [-0.3, -0.25) is 10.0 Å². The zero-order valence-corrected chi connectivity index (χ0v) is 17.6. The first-order valence-electron chi connectivity index (χ1n) is 9.61. The van der Waals surface area contributed by atoms with Gasteiger partial charge in [0.15, 0.2) is 5.70 Å². The van der Waals surface area contributed by atoms with Crippen molar-refractivity contribution in [2.45, 2.75) is 39.3 Å². The summed E-state index contributed by atoms with van der Waals surface area (Å²) < 4.78 is 15.4. The number of nitrogens with zero attached hydrogens (tertiary/aromatic N) is 2. The van der Waals surface area contributed by atoms with Crippen LogP contribution in [-0.4, -0.2) is 49.3 Å². The topological polar surface area (TPSA) is 68.3 Å². The number of esters is 2. The van der Waals surface area contributed by atoms with Crippen LogP contribution in [0.1, 0.15) is 38.8 Å². The Morgan fingerprint density at radius 3 is 2.17 bits per heavy atom. The molecule has 2 atom stereocenters. The Morgan fingerprint density at radius 1 is 1.00 bits per heavy atom. The maximum atomic E-state index is 12.8. The number of benzene rings is 1. The summed E-state index contributed by atoms with van der Waals surface area (Å²) in [5.74, 6) is -0.268. The van der Waals surface area contributed by atoms with E-state index in [4.69, 9.17) is 14.2 Å². The van der Waals surface area contributed by atoms with Crippen molar-refractivity contribution in [1.82, 2.24) is 10.0 Å². The molecule has 0 spiro atoms. The minimum absolute atomic E-state index is 0.124. The third kappa shape index (κ3) is 2.49. The van der Waals surface area contributed by atoms with E-state index in [9.17, 15) is 9.59 Å². The first-order valence-corrected chi connectivity index (χ1v) is 9.61. The Hall–Kier alpha value is -2.96. The fourth-order valence-corrected chi connectivity index (χ4v) is 4.83. The Balaban J connectivity index is 1.92. The van der Waals surface area contributed by atoms with Crippen molar-refractivity contribution in [2.24, 2.45) is 5.41 Å². The standard InChI is InChI=1S/C22H26N2O5/c1-12-15-11-16(13-7-9-14(27-4)10-8-13)23-18(21(26)29-6)17(20(25)28-5)19(24(15)23)22(12,2)3/h7-10,16,19H,11H2,1-6H3. The minimum Gasteiger partial charge on any atom is -0.497 e. The van der Waals surface area contributed by atoms with Gasteiger partial charge in [-0.15, -0.1) is 0 Å². The van der Waals surface area contributed by atoms with Crippen LogP contribution in [0.4, 0.5) is 0 Å². The van der Waals surface area contributed by atoms with Gasteiger partial charge in [-0.1, -0.05) is 26.0 Å². The number of ether oxygens (including phenoxy) is 3. The number of hydrogen-bond acceptors (Lipinski definition) is 7. The fraction of sp³-hybridized carbons (Fsp3) is 0.455.